The van der Waals surface area contributed by atoms with Crippen LogP contribution in [-0.2, 0) is 14.3 Å². The Labute approximate surface area is 117 Å². The van der Waals surface area contributed by atoms with E-state index >= 15 is 0 Å². The van der Waals surface area contributed by atoms with Crippen molar-refractivity contribution in [2.45, 2.75) is 37.9 Å². The second-order valence-corrected chi connectivity index (χ2v) is 5.41. The molecule has 1 amide bonds. The lowest BCUT2D eigenvalue weighted by atomic mass is 10.0. The number of aliphatic carboxylic acids is 1. The summed E-state index contributed by atoms with van der Waals surface area (Å²) in [4.78, 5) is 25.4. The highest BCUT2D eigenvalue weighted by molar-refractivity contribution is 6.01. The van der Waals surface area contributed by atoms with E-state index in [0.717, 1.165) is 6.42 Å². The van der Waals surface area contributed by atoms with Gasteiger partial charge in [-0.2, -0.15) is 0 Å². The Balaban J connectivity index is 1.88. The van der Waals surface area contributed by atoms with Crippen molar-refractivity contribution < 1.29 is 19.4 Å². The number of para-hydroxylation sites is 1. The van der Waals surface area contributed by atoms with E-state index in [4.69, 9.17) is 4.74 Å². The molecule has 5 heteroatoms. The van der Waals surface area contributed by atoms with Crippen LogP contribution in [0, 0.1) is 0 Å². The van der Waals surface area contributed by atoms with Gasteiger partial charge >= 0.3 is 5.97 Å². The molecule has 1 aromatic rings. The second-order valence-electron chi connectivity index (χ2n) is 5.41. The van der Waals surface area contributed by atoms with Crippen LogP contribution in [-0.4, -0.2) is 35.7 Å². The van der Waals surface area contributed by atoms with E-state index in [1.54, 1.807) is 23.1 Å². The molecule has 0 spiro atoms. The standard InChI is InChI=1S/C15H17NO4/c1-9-6-7-13(20-9)14(17)16-8-11(15(18)19)10-4-2-3-5-12(10)16/h2-5,9,11,13H,6-8H2,1H3,(H,18,19)/t9-,11-,13-/m1/s1. The Hall–Kier alpha value is -1.88. The minimum Gasteiger partial charge on any atom is -0.481 e. The van der Waals surface area contributed by atoms with Gasteiger partial charge in [0.25, 0.3) is 5.91 Å². The molecule has 0 aliphatic carbocycles. The van der Waals surface area contributed by atoms with Crippen LogP contribution in [0.15, 0.2) is 24.3 Å². The molecule has 0 saturated carbocycles. The Morgan fingerprint density at radius 3 is 2.70 bits per heavy atom. The van der Waals surface area contributed by atoms with E-state index in [1.165, 1.54) is 0 Å². The van der Waals surface area contributed by atoms with Crippen LogP contribution in [0.4, 0.5) is 5.69 Å². The molecule has 2 aliphatic heterocycles. The average molecular weight is 275 g/mol. The molecule has 3 rings (SSSR count). The minimum absolute atomic E-state index is 0.0945. The van der Waals surface area contributed by atoms with Crippen molar-refractivity contribution in [1.82, 2.24) is 0 Å². The monoisotopic (exact) mass is 275 g/mol. The molecule has 0 unspecified atom stereocenters. The van der Waals surface area contributed by atoms with Gasteiger partial charge in [0.15, 0.2) is 0 Å². The molecule has 2 heterocycles. The van der Waals surface area contributed by atoms with Crippen LogP contribution in [0.1, 0.15) is 31.2 Å². The van der Waals surface area contributed by atoms with Crippen molar-refractivity contribution in [2.24, 2.45) is 0 Å². The van der Waals surface area contributed by atoms with Gasteiger partial charge in [0.1, 0.15) is 12.0 Å². The van der Waals surface area contributed by atoms with E-state index in [1.807, 2.05) is 13.0 Å². The van der Waals surface area contributed by atoms with Gasteiger partial charge in [-0.1, -0.05) is 18.2 Å². The summed E-state index contributed by atoms with van der Waals surface area (Å²) < 4.78 is 5.61. The van der Waals surface area contributed by atoms with Gasteiger partial charge < -0.3 is 14.7 Å². The first kappa shape index (κ1) is 13.1. The lowest BCUT2D eigenvalue weighted by molar-refractivity contribution is -0.138. The van der Waals surface area contributed by atoms with Crippen LogP contribution < -0.4 is 4.90 Å². The maximum absolute atomic E-state index is 12.5. The number of ether oxygens (including phenoxy) is 1. The topological polar surface area (TPSA) is 66.8 Å². The fourth-order valence-corrected chi connectivity index (χ4v) is 2.99. The van der Waals surface area contributed by atoms with E-state index < -0.39 is 18.0 Å². The SMILES string of the molecule is C[C@@H]1CC[C@H](C(=O)N2C[C@@H](C(=O)O)c3ccccc32)O1. The predicted octanol–water partition coefficient (Wildman–Crippen LogP) is 1.77. The maximum Gasteiger partial charge on any atom is 0.312 e. The van der Waals surface area contributed by atoms with Crippen molar-refractivity contribution in [3.63, 3.8) is 0 Å². The number of benzene rings is 1. The summed E-state index contributed by atoms with van der Waals surface area (Å²) in [5.41, 5.74) is 1.41. The molecule has 2 aliphatic rings. The third kappa shape index (κ3) is 2.08. The predicted molar refractivity (Wildman–Crippen MR) is 72.7 cm³/mol. The van der Waals surface area contributed by atoms with Gasteiger partial charge in [-0.3, -0.25) is 9.59 Å². The highest BCUT2D eigenvalue weighted by Crippen LogP contribution is 2.37. The lowest BCUT2D eigenvalue weighted by Crippen LogP contribution is -2.39. The molecule has 0 aromatic heterocycles. The van der Waals surface area contributed by atoms with Crippen LogP contribution in [0.25, 0.3) is 0 Å². The first-order valence-electron chi connectivity index (χ1n) is 6.86. The molecule has 20 heavy (non-hydrogen) atoms. The summed E-state index contributed by atoms with van der Waals surface area (Å²) in [6.45, 7) is 2.15. The van der Waals surface area contributed by atoms with Gasteiger partial charge in [0.05, 0.1) is 6.10 Å². The molecular weight excluding hydrogens is 258 g/mol. The molecule has 1 N–H and O–H groups in total. The van der Waals surface area contributed by atoms with Crippen LogP contribution in [0.5, 0.6) is 0 Å². The van der Waals surface area contributed by atoms with Crippen molar-refractivity contribution in [3.05, 3.63) is 29.8 Å². The summed E-state index contributed by atoms with van der Waals surface area (Å²) in [6, 6.07) is 7.20. The number of hydrogen-bond acceptors (Lipinski definition) is 3. The zero-order chi connectivity index (χ0) is 14.3. The number of hydrogen-bond donors (Lipinski definition) is 1. The maximum atomic E-state index is 12.5. The molecule has 1 aromatic carbocycles. The van der Waals surface area contributed by atoms with Crippen molar-refractivity contribution >= 4 is 17.6 Å². The van der Waals surface area contributed by atoms with Gasteiger partial charge in [-0.05, 0) is 31.4 Å². The molecule has 106 valence electrons. The zero-order valence-corrected chi connectivity index (χ0v) is 11.3. The highest BCUT2D eigenvalue weighted by Gasteiger charge is 2.40. The summed E-state index contributed by atoms with van der Waals surface area (Å²) in [6.07, 6.45) is 1.23. The van der Waals surface area contributed by atoms with Crippen molar-refractivity contribution in [1.29, 1.82) is 0 Å². The number of fused-ring (bicyclic) bond motifs is 1. The van der Waals surface area contributed by atoms with Crippen molar-refractivity contribution in [2.75, 3.05) is 11.4 Å². The molecule has 1 fully saturated rings. The van der Waals surface area contributed by atoms with E-state index in [9.17, 15) is 14.7 Å². The molecule has 0 radical (unpaired) electrons. The van der Waals surface area contributed by atoms with Gasteiger partial charge in [-0.15, -0.1) is 0 Å². The number of amides is 1. The minimum atomic E-state index is -0.895. The Morgan fingerprint density at radius 1 is 1.30 bits per heavy atom. The quantitative estimate of drug-likeness (QED) is 0.893. The number of carboxylic acid groups (broad SMARTS) is 1. The third-order valence-electron chi connectivity index (χ3n) is 4.04. The Kier molecular flexibility index (Phi) is 3.22. The third-order valence-corrected chi connectivity index (χ3v) is 4.04. The van der Waals surface area contributed by atoms with Gasteiger partial charge in [-0.25, -0.2) is 0 Å². The van der Waals surface area contributed by atoms with Gasteiger partial charge in [0, 0.05) is 12.2 Å². The average Bonchev–Trinajstić information content (AvgIpc) is 3.02. The summed E-state index contributed by atoms with van der Waals surface area (Å²) in [7, 11) is 0. The number of carboxylic acids is 1. The van der Waals surface area contributed by atoms with E-state index in [0.29, 0.717) is 17.7 Å². The molecular formula is C15H17NO4. The highest BCUT2D eigenvalue weighted by atomic mass is 16.5. The fraction of sp³-hybridized carbons (Fsp3) is 0.467. The van der Waals surface area contributed by atoms with Crippen LogP contribution in [0.3, 0.4) is 0 Å². The Bertz CT molecular complexity index is 557. The lowest BCUT2D eigenvalue weighted by Gasteiger charge is -2.21. The summed E-state index contributed by atoms with van der Waals surface area (Å²) in [5.74, 6) is -1.66. The van der Waals surface area contributed by atoms with Crippen LogP contribution >= 0.6 is 0 Å². The molecule has 1 saturated heterocycles. The largest absolute Gasteiger partial charge is 0.481 e. The number of anilines is 1. The smallest absolute Gasteiger partial charge is 0.312 e. The number of rotatable bonds is 2. The van der Waals surface area contributed by atoms with E-state index in [2.05, 4.69) is 0 Å². The number of nitrogens with zero attached hydrogens (tertiary/aromatic N) is 1. The zero-order valence-electron chi connectivity index (χ0n) is 11.3. The summed E-state index contributed by atoms with van der Waals surface area (Å²) in [5, 5.41) is 9.30. The van der Waals surface area contributed by atoms with Crippen LogP contribution in [0.2, 0.25) is 0 Å². The first-order valence-corrected chi connectivity index (χ1v) is 6.86. The molecule has 0 bridgehead atoms. The fourth-order valence-electron chi connectivity index (χ4n) is 2.99. The second kappa shape index (κ2) is 4.90. The van der Waals surface area contributed by atoms with Gasteiger partial charge in [0.2, 0.25) is 0 Å². The number of carbonyl (C=O) groups excluding carboxylic acids is 1. The molecule has 5 nitrogen and oxygen atoms in total. The van der Waals surface area contributed by atoms with Crippen molar-refractivity contribution in [3.8, 4) is 0 Å². The van der Waals surface area contributed by atoms with E-state index in [-0.39, 0.29) is 18.6 Å². The Morgan fingerprint density at radius 2 is 2.05 bits per heavy atom. The summed E-state index contributed by atoms with van der Waals surface area (Å²) >= 11 is 0. The number of carbonyl (C=O) groups is 2. The molecule has 3 atom stereocenters. The first-order chi connectivity index (χ1) is 9.58. The normalized spacial score (nSPS) is 28.4.